The summed E-state index contributed by atoms with van der Waals surface area (Å²) in [5.74, 6) is 0.592. The van der Waals surface area contributed by atoms with Gasteiger partial charge < -0.3 is 15.2 Å². The highest BCUT2D eigenvalue weighted by molar-refractivity contribution is 5.78. The maximum Gasteiger partial charge on any atom is 0.226 e. The van der Waals surface area contributed by atoms with Crippen LogP contribution in [0, 0.1) is 0 Å². The molecule has 5 heteroatoms. The standard InChI is InChI=1S/C16H18N2O3/c1-21-15-6-7-17-14(8-15)9-16(20)18-10-12-2-4-13(11-19)5-3-12/h2-8,19H,9-11H2,1H3,(H,18,20). The van der Waals surface area contributed by atoms with E-state index in [2.05, 4.69) is 10.3 Å². The third kappa shape index (κ3) is 4.57. The van der Waals surface area contributed by atoms with Crippen LogP contribution >= 0.6 is 0 Å². The van der Waals surface area contributed by atoms with Gasteiger partial charge in [-0.25, -0.2) is 0 Å². The van der Waals surface area contributed by atoms with Crippen molar-refractivity contribution in [2.24, 2.45) is 0 Å². The Kier molecular flexibility index (Phi) is 5.29. The second kappa shape index (κ2) is 7.40. The van der Waals surface area contributed by atoms with E-state index in [1.54, 1.807) is 25.4 Å². The van der Waals surface area contributed by atoms with Gasteiger partial charge in [-0.15, -0.1) is 0 Å². The van der Waals surface area contributed by atoms with Crippen LogP contribution in [0.2, 0.25) is 0 Å². The molecule has 21 heavy (non-hydrogen) atoms. The molecular formula is C16H18N2O3. The summed E-state index contributed by atoms with van der Waals surface area (Å²) in [6.07, 6.45) is 1.83. The van der Waals surface area contributed by atoms with Gasteiger partial charge in [-0.1, -0.05) is 24.3 Å². The summed E-state index contributed by atoms with van der Waals surface area (Å²) < 4.78 is 5.10. The van der Waals surface area contributed by atoms with E-state index in [0.717, 1.165) is 11.1 Å². The molecule has 1 aromatic carbocycles. The summed E-state index contributed by atoms with van der Waals surface area (Å²) in [6.45, 7) is 0.475. The SMILES string of the molecule is COc1ccnc(CC(=O)NCc2ccc(CO)cc2)c1. The third-order valence-electron chi connectivity index (χ3n) is 3.06. The fourth-order valence-corrected chi connectivity index (χ4v) is 1.87. The van der Waals surface area contributed by atoms with Crippen molar-refractivity contribution in [2.45, 2.75) is 19.6 Å². The molecule has 0 atom stereocenters. The summed E-state index contributed by atoms with van der Waals surface area (Å²) >= 11 is 0. The first kappa shape index (κ1) is 15.0. The zero-order valence-corrected chi connectivity index (χ0v) is 11.9. The van der Waals surface area contributed by atoms with Gasteiger partial charge in [-0.2, -0.15) is 0 Å². The molecule has 0 aliphatic carbocycles. The van der Waals surface area contributed by atoms with Crippen molar-refractivity contribution in [3.8, 4) is 5.75 Å². The summed E-state index contributed by atoms with van der Waals surface area (Å²) in [4.78, 5) is 16.0. The zero-order valence-electron chi connectivity index (χ0n) is 11.9. The number of benzene rings is 1. The molecule has 0 radical (unpaired) electrons. The quantitative estimate of drug-likeness (QED) is 0.843. The van der Waals surface area contributed by atoms with Gasteiger partial charge in [0.2, 0.25) is 5.91 Å². The van der Waals surface area contributed by atoms with Crippen LogP contribution in [-0.4, -0.2) is 23.1 Å². The molecule has 0 aliphatic rings. The number of ether oxygens (including phenoxy) is 1. The normalized spacial score (nSPS) is 10.2. The molecule has 2 aromatic rings. The van der Waals surface area contributed by atoms with Gasteiger partial charge in [0.15, 0.2) is 0 Å². The molecule has 1 aromatic heterocycles. The highest BCUT2D eigenvalue weighted by Gasteiger charge is 2.05. The van der Waals surface area contributed by atoms with Crippen LogP contribution in [0.5, 0.6) is 5.75 Å². The van der Waals surface area contributed by atoms with Crippen LogP contribution in [-0.2, 0) is 24.4 Å². The smallest absolute Gasteiger partial charge is 0.226 e. The number of aliphatic hydroxyl groups excluding tert-OH is 1. The minimum absolute atomic E-state index is 0.0220. The molecule has 5 nitrogen and oxygen atoms in total. The van der Waals surface area contributed by atoms with Crippen LogP contribution in [0.1, 0.15) is 16.8 Å². The van der Waals surface area contributed by atoms with E-state index in [-0.39, 0.29) is 18.9 Å². The molecule has 2 rings (SSSR count). The lowest BCUT2D eigenvalue weighted by Crippen LogP contribution is -2.24. The van der Waals surface area contributed by atoms with Crippen LogP contribution in [0.4, 0.5) is 0 Å². The second-order valence-corrected chi connectivity index (χ2v) is 4.62. The van der Waals surface area contributed by atoms with E-state index in [0.29, 0.717) is 18.0 Å². The molecule has 0 unspecified atom stereocenters. The number of hydrogen-bond acceptors (Lipinski definition) is 4. The van der Waals surface area contributed by atoms with E-state index in [9.17, 15) is 4.79 Å². The number of amides is 1. The van der Waals surface area contributed by atoms with E-state index in [4.69, 9.17) is 9.84 Å². The summed E-state index contributed by atoms with van der Waals surface area (Å²) in [7, 11) is 1.58. The topological polar surface area (TPSA) is 71.5 Å². The lowest BCUT2D eigenvalue weighted by Gasteiger charge is -2.07. The Balaban J connectivity index is 1.86. The summed E-state index contributed by atoms with van der Waals surface area (Å²) in [5.41, 5.74) is 2.51. The molecule has 1 amide bonds. The molecule has 0 spiro atoms. The van der Waals surface area contributed by atoms with Gasteiger partial charge in [0.25, 0.3) is 0 Å². The Morgan fingerprint density at radius 2 is 1.95 bits per heavy atom. The lowest BCUT2D eigenvalue weighted by molar-refractivity contribution is -0.120. The number of hydrogen-bond donors (Lipinski definition) is 2. The molecule has 2 N–H and O–H groups in total. The molecule has 0 saturated carbocycles. The van der Waals surface area contributed by atoms with Crippen LogP contribution < -0.4 is 10.1 Å². The lowest BCUT2D eigenvalue weighted by atomic mass is 10.1. The van der Waals surface area contributed by atoms with Gasteiger partial charge in [0.05, 0.1) is 25.8 Å². The van der Waals surface area contributed by atoms with Crippen molar-refractivity contribution in [3.05, 3.63) is 59.4 Å². The molecule has 0 fully saturated rings. The minimum Gasteiger partial charge on any atom is -0.497 e. The number of aliphatic hydroxyl groups is 1. The van der Waals surface area contributed by atoms with Crippen molar-refractivity contribution in [3.63, 3.8) is 0 Å². The first-order chi connectivity index (χ1) is 10.2. The predicted molar refractivity (Wildman–Crippen MR) is 78.7 cm³/mol. The Morgan fingerprint density at radius 3 is 2.62 bits per heavy atom. The highest BCUT2D eigenvalue weighted by Crippen LogP contribution is 2.10. The monoisotopic (exact) mass is 286 g/mol. The fraction of sp³-hybridized carbons (Fsp3) is 0.250. The van der Waals surface area contributed by atoms with E-state index < -0.39 is 0 Å². The van der Waals surface area contributed by atoms with E-state index in [1.165, 1.54) is 0 Å². The Morgan fingerprint density at radius 1 is 1.24 bits per heavy atom. The Bertz CT molecular complexity index is 597. The zero-order chi connectivity index (χ0) is 15.1. The highest BCUT2D eigenvalue weighted by atomic mass is 16.5. The first-order valence-corrected chi connectivity index (χ1v) is 6.65. The summed E-state index contributed by atoms with van der Waals surface area (Å²) in [6, 6.07) is 10.9. The van der Waals surface area contributed by atoms with Crippen molar-refractivity contribution < 1.29 is 14.6 Å². The number of methoxy groups -OCH3 is 1. The maximum absolute atomic E-state index is 11.9. The van der Waals surface area contributed by atoms with Crippen LogP contribution in [0.3, 0.4) is 0 Å². The third-order valence-corrected chi connectivity index (χ3v) is 3.06. The van der Waals surface area contributed by atoms with Gasteiger partial charge >= 0.3 is 0 Å². The van der Waals surface area contributed by atoms with Gasteiger partial charge in [0, 0.05) is 18.8 Å². The molecule has 1 heterocycles. The molecule has 0 saturated heterocycles. The fourth-order valence-electron chi connectivity index (χ4n) is 1.87. The van der Waals surface area contributed by atoms with E-state index >= 15 is 0 Å². The van der Waals surface area contributed by atoms with Crippen molar-refractivity contribution >= 4 is 5.91 Å². The maximum atomic E-state index is 11.9. The number of carbonyl (C=O) groups is 1. The van der Waals surface area contributed by atoms with Crippen LogP contribution in [0.25, 0.3) is 0 Å². The second-order valence-electron chi connectivity index (χ2n) is 4.62. The average Bonchev–Trinajstić information content (AvgIpc) is 2.53. The molecule has 0 bridgehead atoms. The number of aromatic nitrogens is 1. The Labute approximate surface area is 123 Å². The number of nitrogens with zero attached hydrogens (tertiary/aromatic N) is 1. The predicted octanol–water partition coefficient (Wildman–Crippen LogP) is 1.44. The number of nitrogens with one attached hydrogen (secondary N) is 1. The number of pyridine rings is 1. The largest absolute Gasteiger partial charge is 0.497 e. The van der Waals surface area contributed by atoms with Crippen molar-refractivity contribution in [2.75, 3.05) is 7.11 Å². The van der Waals surface area contributed by atoms with Gasteiger partial charge in [0.1, 0.15) is 5.75 Å². The van der Waals surface area contributed by atoms with Crippen LogP contribution in [0.15, 0.2) is 42.6 Å². The van der Waals surface area contributed by atoms with Gasteiger partial charge in [-0.05, 0) is 17.2 Å². The number of carbonyl (C=O) groups excluding carboxylic acids is 1. The van der Waals surface area contributed by atoms with Gasteiger partial charge in [-0.3, -0.25) is 9.78 Å². The Hall–Kier alpha value is -2.40. The minimum atomic E-state index is -0.0954. The van der Waals surface area contributed by atoms with E-state index in [1.807, 2.05) is 24.3 Å². The van der Waals surface area contributed by atoms with Crippen molar-refractivity contribution in [1.29, 1.82) is 0 Å². The first-order valence-electron chi connectivity index (χ1n) is 6.65. The average molecular weight is 286 g/mol. The molecule has 110 valence electrons. The number of rotatable bonds is 6. The van der Waals surface area contributed by atoms with Crippen molar-refractivity contribution in [1.82, 2.24) is 10.3 Å². The molecule has 0 aliphatic heterocycles. The summed E-state index contributed by atoms with van der Waals surface area (Å²) in [5, 5.41) is 11.8. The molecular weight excluding hydrogens is 268 g/mol.